The number of aromatic nitrogens is 2. The lowest BCUT2D eigenvalue weighted by Gasteiger charge is -2.07. The molecule has 0 bridgehead atoms. The average molecular weight is 239 g/mol. The molecule has 0 unspecified atom stereocenters. The minimum absolute atomic E-state index is 0.505. The molecule has 0 fully saturated rings. The minimum Gasteiger partial charge on any atom is -0.491 e. The molecule has 0 aromatic carbocycles. The molecular formula is C14H13N3O. The molecule has 4 nitrogen and oxygen atoms in total. The molecule has 0 aliphatic carbocycles. The minimum atomic E-state index is 0.505. The van der Waals surface area contributed by atoms with Gasteiger partial charge in [0.1, 0.15) is 6.07 Å². The lowest BCUT2D eigenvalue weighted by atomic mass is 10.1. The van der Waals surface area contributed by atoms with Crippen LogP contribution in [0.15, 0.2) is 36.8 Å². The molecule has 0 amide bonds. The van der Waals surface area contributed by atoms with Gasteiger partial charge in [-0.1, -0.05) is 6.92 Å². The van der Waals surface area contributed by atoms with Crippen molar-refractivity contribution in [3.05, 3.63) is 42.4 Å². The van der Waals surface area contributed by atoms with Crippen LogP contribution in [0.4, 0.5) is 0 Å². The van der Waals surface area contributed by atoms with Crippen LogP contribution >= 0.6 is 0 Å². The first-order chi connectivity index (χ1) is 8.85. The maximum atomic E-state index is 9.12. The van der Waals surface area contributed by atoms with Crippen molar-refractivity contribution in [2.24, 2.45) is 0 Å². The normalized spacial score (nSPS) is 9.78. The molecule has 2 rings (SSSR count). The third-order valence-electron chi connectivity index (χ3n) is 2.43. The fraction of sp³-hybridized carbons (Fsp3) is 0.214. The van der Waals surface area contributed by atoms with Crippen LogP contribution in [0.2, 0.25) is 0 Å². The van der Waals surface area contributed by atoms with Crippen LogP contribution in [0.1, 0.15) is 18.9 Å². The Bertz CT molecular complexity index is 561. The largest absolute Gasteiger partial charge is 0.491 e. The second-order valence-electron chi connectivity index (χ2n) is 3.76. The Morgan fingerprint density at radius 3 is 2.78 bits per heavy atom. The summed E-state index contributed by atoms with van der Waals surface area (Å²) in [7, 11) is 0. The van der Waals surface area contributed by atoms with Crippen molar-refractivity contribution in [1.82, 2.24) is 9.97 Å². The first kappa shape index (κ1) is 12.1. The molecule has 0 spiro atoms. The highest BCUT2D eigenvalue weighted by atomic mass is 16.5. The van der Waals surface area contributed by atoms with Crippen molar-refractivity contribution in [2.75, 3.05) is 6.61 Å². The fourth-order valence-corrected chi connectivity index (χ4v) is 1.54. The van der Waals surface area contributed by atoms with E-state index in [1.54, 1.807) is 24.7 Å². The topological polar surface area (TPSA) is 58.8 Å². The fourth-order valence-electron chi connectivity index (χ4n) is 1.54. The number of hydrogen-bond donors (Lipinski definition) is 0. The monoisotopic (exact) mass is 239 g/mol. The van der Waals surface area contributed by atoms with Gasteiger partial charge in [-0.15, -0.1) is 0 Å². The van der Waals surface area contributed by atoms with Gasteiger partial charge < -0.3 is 4.74 Å². The highest BCUT2D eigenvalue weighted by molar-refractivity contribution is 5.62. The third kappa shape index (κ3) is 2.64. The maximum absolute atomic E-state index is 9.12. The number of hydrogen-bond acceptors (Lipinski definition) is 4. The van der Waals surface area contributed by atoms with E-state index in [0.29, 0.717) is 17.9 Å². The van der Waals surface area contributed by atoms with E-state index in [1.807, 2.05) is 19.1 Å². The SMILES string of the molecule is CCCOc1cnc(-c2ccncc2)cc1C#N. The Morgan fingerprint density at radius 2 is 2.11 bits per heavy atom. The number of nitrogens with zero attached hydrogens (tertiary/aromatic N) is 3. The molecule has 0 saturated carbocycles. The van der Waals surface area contributed by atoms with Crippen molar-refractivity contribution >= 4 is 0 Å². The predicted molar refractivity (Wildman–Crippen MR) is 68.0 cm³/mol. The van der Waals surface area contributed by atoms with Gasteiger partial charge >= 0.3 is 0 Å². The van der Waals surface area contributed by atoms with Crippen molar-refractivity contribution in [3.63, 3.8) is 0 Å². The molecular weight excluding hydrogens is 226 g/mol. The van der Waals surface area contributed by atoms with Gasteiger partial charge in [0.15, 0.2) is 5.75 Å². The summed E-state index contributed by atoms with van der Waals surface area (Å²) in [5.41, 5.74) is 2.19. The maximum Gasteiger partial charge on any atom is 0.155 e. The van der Waals surface area contributed by atoms with E-state index < -0.39 is 0 Å². The second kappa shape index (κ2) is 5.78. The molecule has 2 heterocycles. The number of nitriles is 1. The molecule has 2 aromatic rings. The Labute approximate surface area is 106 Å². The standard InChI is InChI=1S/C14H13N3O/c1-2-7-18-14-10-17-13(8-12(14)9-15)11-3-5-16-6-4-11/h3-6,8,10H,2,7H2,1H3. The van der Waals surface area contributed by atoms with E-state index in [0.717, 1.165) is 17.7 Å². The summed E-state index contributed by atoms with van der Waals surface area (Å²) < 4.78 is 5.47. The zero-order valence-corrected chi connectivity index (χ0v) is 10.1. The Hall–Kier alpha value is -2.41. The Morgan fingerprint density at radius 1 is 1.33 bits per heavy atom. The van der Waals surface area contributed by atoms with Gasteiger partial charge in [-0.05, 0) is 24.6 Å². The van der Waals surface area contributed by atoms with Crippen LogP contribution in [-0.4, -0.2) is 16.6 Å². The molecule has 0 aliphatic heterocycles. The van der Waals surface area contributed by atoms with E-state index in [2.05, 4.69) is 16.0 Å². The average Bonchev–Trinajstić information content (AvgIpc) is 2.46. The molecule has 90 valence electrons. The molecule has 0 atom stereocenters. The van der Waals surface area contributed by atoms with Crippen LogP contribution < -0.4 is 4.74 Å². The molecule has 0 N–H and O–H groups in total. The molecule has 4 heteroatoms. The summed E-state index contributed by atoms with van der Waals surface area (Å²) in [4.78, 5) is 8.26. The first-order valence-corrected chi connectivity index (χ1v) is 5.78. The second-order valence-corrected chi connectivity index (χ2v) is 3.76. The van der Waals surface area contributed by atoms with Gasteiger partial charge in [0.2, 0.25) is 0 Å². The van der Waals surface area contributed by atoms with Crippen LogP contribution in [-0.2, 0) is 0 Å². The highest BCUT2D eigenvalue weighted by Gasteiger charge is 2.07. The number of rotatable bonds is 4. The van der Waals surface area contributed by atoms with E-state index in [9.17, 15) is 0 Å². The van der Waals surface area contributed by atoms with Crippen LogP contribution in [0.25, 0.3) is 11.3 Å². The summed E-state index contributed by atoms with van der Waals surface area (Å²) >= 11 is 0. The van der Waals surface area contributed by atoms with Gasteiger partial charge in [0.25, 0.3) is 0 Å². The van der Waals surface area contributed by atoms with Gasteiger partial charge in [0.05, 0.1) is 24.1 Å². The number of ether oxygens (including phenoxy) is 1. The van der Waals surface area contributed by atoms with Gasteiger partial charge in [-0.3, -0.25) is 9.97 Å². The molecule has 0 radical (unpaired) electrons. The van der Waals surface area contributed by atoms with Gasteiger partial charge in [-0.2, -0.15) is 5.26 Å². The molecule has 0 aliphatic rings. The van der Waals surface area contributed by atoms with Crippen molar-refractivity contribution in [3.8, 4) is 23.1 Å². The summed E-state index contributed by atoms with van der Waals surface area (Å²) in [6, 6.07) is 7.58. The van der Waals surface area contributed by atoms with E-state index >= 15 is 0 Å². The lowest BCUT2D eigenvalue weighted by Crippen LogP contribution is -1.98. The zero-order valence-electron chi connectivity index (χ0n) is 10.1. The van der Waals surface area contributed by atoms with Crippen molar-refractivity contribution in [2.45, 2.75) is 13.3 Å². The first-order valence-electron chi connectivity index (χ1n) is 5.78. The quantitative estimate of drug-likeness (QED) is 0.823. The predicted octanol–water partition coefficient (Wildman–Crippen LogP) is 2.80. The van der Waals surface area contributed by atoms with Crippen molar-refractivity contribution in [1.29, 1.82) is 5.26 Å². The summed E-state index contributed by atoms with van der Waals surface area (Å²) in [5, 5.41) is 9.12. The zero-order chi connectivity index (χ0) is 12.8. The van der Waals surface area contributed by atoms with E-state index in [1.165, 1.54) is 0 Å². The summed E-state index contributed by atoms with van der Waals surface area (Å²) in [5.74, 6) is 0.539. The van der Waals surface area contributed by atoms with E-state index in [-0.39, 0.29) is 0 Å². The van der Waals surface area contributed by atoms with Crippen LogP contribution in [0, 0.1) is 11.3 Å². The van der Waals surface area contributed by atoms with Crippen molar-refractivity contribution < 1.29 is 4.74 Å². The lowest BCUT2D eigenvalue weighted by molar-refractivity contribution is 0.315. The highest BCUT2D eigenvalue weighted by Crippen LogP contribution is 2.23. The molecule has 18 heavy (non-hydrogen) atoms. The van der Waals surface area contributed by atoms with E-state index in [4.69, 9.17) is 10.00 Å². The molecule has 2 aromatic heterocycles. The number of pyridine rings is 2. The Kier molecular flexibility index (Phi) is 3.87. The molecule has 0 saturated heterocycles. The van der Waals surface area contributed by atoms with Gasteiger partial charge in [-0.25, -0.2) is 0 Å². The van der Waals surface area contributed by atoms with Crippen LogP contribution in [0.3, 0.4) is 0 Å². The van der Waals surface area contributed by atoms with Crippen LogP contribution in [0.5, 0.6) is 5.75 Å². The third-order valence-corrected chi connectivity index (χ3v) is 2.43. The smallest absolute Gasteiger partial charge is 0.155 e. The Balaban J connectivity index is 2.34. The summed E-state index contributed by atoms with van der Waals surface area (Å²) in [6.45, 7) is 2.61. The summed E-state index contributed by atoms with van der Waals surface area (Å²) in [6.07, 6.45) is 5.90. The van der Waals surface area contributed by atoms with Gasteiger partial charge in [0, 0.05) is 18.0 Å².